The van der Waals surface area contributed by atoms with Crippen molar-refractivity contribution < 1.29 is 9.72 Å². The van der Waals surface area contributed by atoms with Gasteiger partial charge in [0.25, 0.3) is 11.6 Å². The van der Waals surface area contributed by atoms with Crippen molar-refractivity contribution >= 4 is 17.3 Å². The summed E-state index contributed by atoms with van der Waals surface area (Å²) in [5.74, 6) is -0.364. The fourth-order valence-electron chi connectivity index (χ4n) is 2.24. The Morgan fingerprint density at radius 1 is 1.22 bits per heavy atom. The molecular weight excluding hydrogens is 294 g/mol. The van der Waals surface area contributed by atoms with E-state index in [-0.39, 0.29) is 28.3 Å². The number of hydrogen-bond donors (Lipinski definition) is 2. The molecule has 0 radical (unpaired) electrons. The van der Waals surface area contributed by atoms with E-state index < -0.39 is 4.92 Å². The topological polar surface area (TPSA) is 98.3 Å². The Morgan fingerprint density at radius 3 is 2.48 bits per heavy atom. The van der Waals surface area contributed by atoms with E-state index in [1.54, 1.807) is 0 Å². The van der Waals surface area contributed by atoms with Gasteiger partial charge in [0, 0.05) is 23.6 Å². The number of nitro groups is 1. The molecule has 6 heteroatoms. The molecule has 120 valence electrons. The van der Waals surface area contributed by atoms with Crippen molar-refractivity contribution in [1.29, 1.82) is 0 Å². The molecule has 0 fully saturated rings. The summed E-state index contributed by atoms with van der Waals surface area (Å²) >= 11 is 0. The number of carbonyl (C=O) groups is 1. The molecule has 0 bridgehead atoms. The normalized spacial score (nSPS) is 11.0. The summed E-state index contributed by atoms with van der Waals surface area (Å²) in [7, 11) is 0. The molecule has 2 aromatic carbocycles. The second kappa shape index (κ2) is 6.48. The average Bonchev–Trinajstić information content (AvgIpc) is 2.53. The Morgan fingerprint density at radius 2 is 1.87 bits per heavy atom. The van der Waals surface area contributed by atoms with Gasteiger partial charge in [0.15, 0.2) is 0 Å². The number of nitro benzene ring substituents is 1. The zero-order chi connectivity index (χ0) is 17.0. The molecule has 6 nitrogen and oxygen atoms in total. The van der Waals surface area contributed by atoms with Crippen molar-refractivity contribution in [2.75, 3.05) is 12.3 Å². The second-order valence-corrected chi connectivity index (χ2v) is 5.96. The maximum Gasteiger partial charge on any atom is 0.292 e. The summed E-state index contributed by atoms with van der Waals surface area (Å²) in [6.45, 7) is 4.45. The highest BCUT2D eigenvalue weighted by molar-refractivity contribution is 5.95. The fourth-order valence-corrected chi connectivity index (χ4v) is 2.24. The van der Waals surface area contributed by atoms with Crippen LogP contribution in [0.2, 0.25) is 0 Å². The quantitative estimate of drug-likeness (QED) is 0.503. The number of nitrogen functional groups attached to an aromatic ring is 1. The number of carbonyl (C=O) groups excluding carboxylic acids is 1. The SMILES string of the molecule is CC(C)(CNC(=O)c1ccc(N)c([N+](=O)[O-])c1)c1ccccc1. The minimum atomic E-state index is -0.597. The second-order valence-electron chi connectivity index (χ2n) is 5.96. The number of benzene rings is 2. The molecule has 0 aliphatic carbocycles. The minimum Gasteiger partial charge on any atom is -0.393 e. The largest absolute Gasteiger partial charge is 0.393 e. The van der Waals surface area contributed by atoms with E-state index in [1.807, 2.05) is 44.2 Å². The van der Waals surface area contributed by atoms with E-state index in [2.05, 4.69) is 5.32 Å². The molecule has 23 heavy (non-hydrogen) atoms. The predicted molar refractivity (Wildman–Crippen MR) is 89.3 cm³/mol. The van der Waals surface area contributed by atoms with Gasteiger partial charge in [-0.05, 0) is 17.7 Å². The lowest BCUT2D eigenvalue weighted by molar-refractivity contribution is -0.383. The van der Waals surface area contributed by atoms with Gasteiger partial charge in [-0.15, -0.1) is 0 Å². The van der Waals surface area contributed by atoms with Crippen LogP contribution in [0, 0.1) is 10.1 Å². The first-order chi connectivity index (χ1) is 10.8. The van der Waals surface area contributed by atoms with Gasteiger partial charge in [-0.1, -0.05) is 44.2 Å². The van der Waals surface area contributed by atoms with Gasteiger partial charge >= 0.3 is 0 Å². The van der Waals surface area contributed by atoms with E-state index in [0.717, 1.165) is 5.56 Å². The lowest BCUT2D eigenvalue weighted by atomic mass is 9.84. The lowest BCUT2D eigenvalue weighted by Gasteiger charge is -2.25. The summed E-state index contributed by atoms with van der Waals surface area (Å²) < 4.78 is 0. The van der Waals surface area contributed by atoms with Gasteiger partial charge in [0.05, 0.1) is 4.92 Å². The molecule has 0 aromatic heterocycles. The first-order valence-corrected chi connectivity index (χ1v) is 7.19. The van der Waals surface area contributed by atoms with Crippen LogP contribution in [0.3, 0.4) is 0 Å². The summed E-state index contributed by atoms with van der Waals surface area (Å²) in [4.78, 5) is 22.5. The number of hydrogen-bond acceptors (Lipinski definition) is 4. The van der Waals surface area contributed by atoms with Gasteiger partial charge in [0.1, 0.15) is 5.69 Å². The number of rotatable bonds is 5. The smallest absolute Gasteiger partial charge is 0.292 e. The Kier molecular flexibility index (Phi) is 4.64. The molecule has 0 heterocycles. The molecule has 0 aliphatic rings. The first kappa shape index (κ1) is 16.5. The number of anilines is 1. The molecule has 0 saturated heterocycles. The molecule has 3 N–H and O–H groups in total. The van der Waals surface area contributed by atoms with Crippen LogP contribution in [0.1, 0.15) is 29.8 Å². The van der Waals surface area contributed by atoms with Gasteiger partial charge in [0.2, 0.25) is 0 Å². The Balaban J connectivity index is 2.11. The molecule has 0 unspecified atom stereocenters. The van der Waals surface area contributed by atoms with Crippen LogP contribution in [0.5, 0.6) is 0 Å². The van der Waals surface area contributed by atoms with E-state index in [1.165, 1.54) is 18.2 Å². The fraction of sp³-hybridized carbons (Fsp3) is 0.235. The predicted octanol–water partition coefficient (Wildman–Crippen LogP) is 2.88. The summed E-state index contributed by atoms with van der Waals surface area (Å²) in [6.07, 6.45) is 0. The van der Waals surface area contributed by atoms with Crippen molar-refractivity contribution in [3.05, 3.63) is 69.8 Å². The highest BCUT2D eigenvalue weighted by atomic mass is 16.6. The lowest BCUT2D eigenvalue weighted by Crippen LogP contribution is -2.36. The zero-order valence-corrected chi connectivity index (χ0v) is 13.1. The van der Waals surface area contributed by atoms with E-state index in [4.69, 9.17) is 5.73 Å². The van der Waals surface area contributed by atoms with Crippen molar-refractivity contribution in [1.82, 2.24) is 5.32 Å². The molecule has 2 rings (SSSR count). The minimum absolute atomic E-state index is 0.0381. The summed E-state index contributed by atoms with van der Waals surface area (Å²) in [5, 5.41) is 13.7. The molecule has 0 saturated carbocycles. The van der Waals surface area contributed by atoms with Crippen molar-refractivity contribution in [3.63, 3.8) is 0 Å². The van der Waals surface area contributed by atoms with Crippen molar-refractivity contribution in [3.8, 4) is 0 Å². The molecule has 2 aromatic rings. The Bertz CT molecular complexity index is 727. The zero-order valence-electron chi connectivity index (χ0n) is 13.1. The maximum atomic E-state index is 12.2. The van der Waals surface area contributed by atoms with Crippen molar-refractivity contribution in [2.24, 2.45) is 0 Å². The molecule has 0 spiro atoms. The maximum absolute atomic E-state index is 12.2. The standard InChI is InChI=1S/C17H19N3O3/c1-17(2,13-6-4-3-5-7-13)11-19-16(21)12-8-9-14(18)15(10-12)20(22)23/h3-10H,11,18H2,1-2H3,(H,19,21). The first-order valence-electron chi connectivity index (χ1n) is 7.19. The van der Waals surface area contributed by atoms with Gasteiger partial charge in [-0.3, -0.25) is 14.9 Å². The monoisotopic (exact) mass is 313 g/mol. The number of amides is 1. The van der Waals surface area contributed by atoms with Crippen LogP contribution < -0.4 is 11.1 Å². The van der Waals surface area contributed by atoms with E-state index in [9.17, 15) is 14.9 Å². The third-order valence-corrected chi connectivity index (χ3v) is 3.74. The average molecular weight is 313 g/mol. The van der Waals surface area contributed by atoms with Gasteiger partial charge in [-0.25, -0.2) is 0 Å². The highest BCUT2D eigenvalue weighted by Gasteiger charge is 2.22. The molecule has 1 amide bonds. The number of nitrogens with two attached hydrogens (primary N) is 1. The van der Waals surface area contributed by atoms with Crippen molar-refractivity contribution in [2.45, 2.75) is 19.3 Å². The number of nitrogens with one attached hydrogen (secondary N) is 1. The van der Waals surface area contributed by atoms with Crippen LogP contribution in [-0.2, 0) is 5.41 Å². The van der Waals surface area contributed by atoms with Crippen LogP contribution in [0.25, 0.3) is 0 Å². The van der Waals surface area contributed by atoms with Crippen LogP contribution >= 0.6 is 0 Å². The van der Waals surface area contributed by atoms with Crippen LogP contribution in [-0.4, -0.2) is 17.4 Å². The Hall–Kier alpha value is -2.89. The summed E-state index contributed by atoms with van der Waals surface area (Å²) in [6, 6.07) is 13.9. The Labute approximate surface area is 134 Å². The third-order valence-electron chi connectivity index (χ3n) is 3.74. The van der Waals surface area contributed by atoms with E-state index in [0.29, 0.717) is 6.54 Å². The summed E-state index contributed by atoms with van der Waals surface area (Å²) in [5.41, 5.74) is 6.38. The van der Waals surface area contributed by atoms with Crippen LogP contribution in [0.4, 0.5) is 11.4 Å². The molecule has 0 atom stereocenters. The van der Waals surface area contributed by atoms with E-state index >= 15 is 0 Å². The highest BCUT2D eigenvalue weighted by Crippen LogP contribution is 2.24. The van der Waals surface area contributed by atoms with Gasteiger partial charge in [-0.2, -0.15) is 0 Å². The third kappa shape index (κ3) is 3.85. The van der Waals surface area contributed by atoms with Crippen LogP contribution in [0.15, 0.2) is 48.5 Å². The van der Waals surface area contributed by atoms with Gasteiger partial charge < -0.3 is 11.1 Å². The number of nitrogens with zero attached hydrogens (tertiary/aromatic N) is 1. The molecule has 0 aliphatic heterocycles. The molecular formula is C17H19N3O3.